The standard InChI is InChI=1S/C34H50N2O14/c1-35(13-18-9-5-3-6-10-18)15-20-23(37)26(40)29(43)34(48-20)50-31-21(16-36(2)14-19-11-7-4-8-12-19)49-33(30(44)27(31)41)46-17-22-24(38)25(39)28(42)32(45)47-22/h3-12,20-34,37-45H,13-17H2,1-2H3/t20-,21-,22-,23-,24+,25+,26+,27-,28-,29-,30-,31-,32?,33-,34+/m1/s1. The first-order chi connectivity index (χ1) is 23.8. The van der Waals surface area contributed by atoms with Gasteiger partial charge >= 0.3 is 0 Å². The van der Waals surface area contributed by atoms with Gasteiger partial charge in [-0.15, -0.1) is 0 Å². The lowest BCUT2D eigenvalue weighted by Crippen LogP contribution is -2.66. The topological polar surface area (TPSA) is 235 Å². The molecule has 9 N–H and O–H groups in total. The third-order valence-corrected chi connectivity index (χ3v) is 9.29. The fourth-order valence-electron chi connectivity index (χ4n) is 6.48. The number of aliphatic hydroxyl groups is 9. The van der Waals surface area contributed by atoms with Gasteiger partial charge in [0.2, 0.25) is 0 Å². The summed E-state index contributed by atoms with van der Waals surface area (Å²) in [4.78, 5) is 3.75. The van der Waals surface area contributed by atoms with E-state index < -0.39 is 98.7 Å². The third kappa shape index (κ3) is 9.42. The number of nitrogens with zero attached hydrogens (tertiary/aromatic N) is 2. The fraction of sp³-hybridized carbons (Fsp3) is 0.647. The minimum Gasteiger partial charge on any atom is -0.388 e. The van der Waals surface area contributed by atoms with Crippen molar-refractivity contribution in [3.63, 3.8) is 0 Å². The number of ether oxygens (including phenoxy) is 5. The van der Waals surface area contributed by atoms with Gasteiger partial charge in [0, 0.05) is 26.2 Å². The molecule has 16 heteroatoms. The zero-order valence-electron chi connectivity index (χ0n) is 27.9. The van der Waals surface area contributed by atoms with E-state index in [1.807, 2.05) is 77.5 Å². The van der Waals surface area contributed by atoms with Crippen molar-refractivity contribution in [2.24, 2.45) is 0 Å². The Hall–Kier alpha value is -2.20. The van der Waals surface area contributed by atoms with Crippen LogP contribution >= 0.6 is 0 Å². The van der Waals surface area contributed by atoms with Crippen LogP contribution in [-0.2, 0) is 36.8 Å². The molecule has 3 saturated heterocycles. The predicted molar refractivity (Wildman–Crippen MR) is 173 cm³/mol. The first-order valence-corrected chi connectivity index (χ1v) is 16.6. The van der Waals surface area contributed by atoms with E-state index >= 15 is 0 Å². The molecule has 280 valence electrons. The number of rotatable bonds is 13. The summed E-state index contributed by atoms with van der Waals surface area (Å²) in [6.07, 6.45) is -23.0. The Morgan fingerprint density at radius 1 is 0.520 bits per heavy atom. The van der Waals surface area contributed by atoms with Gasteiger partial charge in [-0.25, -0.2) is 0 Å². The SMILES string of the molecule is CN(Cc1ccccc1)C[C@H]1O[C@@H](O[C@H]2[C@H](O)[C@@H](O)[C@H](OC[C@H]3OC(O)[C@H](O)[C@@H](O)[C@H]3O)O[C@@H]2CN(C)Cc2ccccc2)[C@H](O)[C@@H](O)[C@@H]1O. The maximum Gasteiger partial charge on any atom is 0.187 e. The van der Waals surface area contributed by atoms with Gasteiger partial charge in [-0.1, -0.05) is 60.7 Å². The summed E-state index contributed by atoms with van der Waals surface area (Å²) in [7, 11) is 3.61. The van der Waals surface area contributed by atoms with Crippen LogP contribution < -0.4 is 0 Å². The molecule has 2 aromatic rings. The largest absolute Gasteiger partial charge is 0.388 e. The molecule has 1 unspecified atom stereocenters. The van der Waals surface area contributed by atoms with Crippen LogP contribution in [0.1, 0.15) is 11.1 Å². The van der Waals surface area contributed by atoms with E-state index in [2.05, 4.69) is 0 Å². The van der Waals surface area contributed by atoms with Crippen molar-refractivity contribution in [2.75, 3.05) is 33.8 Å². The molecule has 0 amide bonds. The second-order valence-electron chi connectivity index (χ2n) is 13.4. The average Bonchev–Trinajstić information content (AvgIpc) is 3.10. The maximum atomic E-state index is 11.4. The lowest BCUT2D eigenvalue weighted by Gasteiger charge is -2.47. The van der Waals surface area contributed by atoms with Crippen LogP contribution in [-0.4, -0.2) is 182 Å². The number of aliphatic hydroxyl groups excluding tert-OH is 9. The monoisotopic (exact) mass is 710 g/mol. The Labute approximate surface area is 290 Å². The second-order valence-corrected chi connectivity index (χ2v) is 13.4. The average molecular weight is 711 g/mol. The zero-order chi connectivity index (χ0) is 36.1. The Bertz CT molecular complexity index is 1300. The molecule has 0 aromatic heterocycles. The van der Waals surface area contributed by atoms with Gasteiger partial charge in [0.1, 0.15) is 73.2 Å². The van der Waals surface area contributed by atoms with Crippen LogP contribution in [0.5, 0.6) is 0 Å². The molecule has 3 heterocycles. The summed E-state index contributed by atoms with van der Waals surface area (Å²) in [5.41, 5.74) is 1.99. The normalized spacial score (nSPS) is 39.6. The van der Waals surface area contributed by atoms with Gasteiger partial charge in [-0.3, -0.25) is 9.80 Å². The molecule has 0 aliphatic carbocycles. The van der Waals surface area contributed by atoms with Gasteiger partial charge in [-0.2, -0.15) is 0 Å². The van der Waals surface area contributed by atoms with Crippen molar-refractivity contribution >= 4 is 0 Å². The van der Waals surface area contributed by atoms with Crippen molar-refractivity contribution in [2.45, 2.75) is 105 Å². The van der Waals surface area contributed by atoms with E-state index in [0.29, 0.717) is 13.1 Å². The summed E-state index contributed by atoms with van der Waals surface area (Å²) in [6.45, 7) is 0.716. The summed E-state index contributed by atoms with van der Waals surface area (Å²) in [5, 5.41) is 95.1. The highest BCUT2D eigenvalue weighted by Crippen LogP contribution is 2.31. The van der Waals surface area contributed by atoms with Crippen molar-refractivity contribution in [1.29, 1.82) is 0 Å². The van der Waals surface area contributed by atoms with E-state index in [1.165, 1.54) is 0 Å². The van der Waals surface area contributed by atoms with Crippen LogP contribution in [0.2, 0.25) is 0 Å². The van der Waals surface area contributed by atoms with Gasteiger partial charge in [0.25, 0.3) is 0 Å². The van der Waals surface area contributed by atoms with Crippen LogP contribution in [0.15, 0.2) is 60.7 Å². The van der Waals surface area contributed by atoms with Crippen molar-refractivity contribution in [3.8, 4) is 0 Å². The Balaban J connectivity index is 1.30. The van der Waals surface area contributed by atoms with Crippen LogP contribution in [0.4, 0.5) is 0 Å². The lowest BCUT2D eigenvalue weighted by molar-refractivity contribution is -0.361. The van der Waals surface area contributed by atoms with Crippen molar-refractivity contribution in [3.05, 3.63) is 71.8 Å². The molecule has 3 aliphatic heterocycles. The van der Waals surface area contributed by atoms with Gasteiger partial charge in [0.15, 0.2) is 18.9 Å². The number of hydrogen-bond acceptors (Lipinski definition) is 16. The minimum absolute atomic E-state index is 0.104. The molecule has 0 spiro atoms. The highest BCUT2D eigenvalue weighted by Gasteiger charge is 2.52. The molecule has 3 aliphatic rings. The van der Waals surface area contributed by atoms with Crippen molar-refractivity contribution in [1.82, 2.24) is 9.80 Å². The Kier molecular flexibility index (Phi) is 13.7. The Morgan fingerprint density at radius 2 is 1.00 bits per heavy atom. The molecule has 0 saturated carbocycles. The predicted octanol–water partition coefficient (Wildman–Crippen LogP) is -3.29. The van der Waals surface area contributed by atoms with E-state index in [0.717, 1.165) is 11.1 Å². The van der Waals surface area contributed by atoms with Gasteiger partial charge in [-0.05, 0) is 25.2 Å². The molecule has 50 heavy (non-hydrogen) atoms. The number of hydrogen-bond donors (Lipinski definition) is 9. The first-order valence-electron chi connectivity index (χ1n) is 16.6. The van der Waals surface area contributed by atoms with Crippen LogP contribution in [0.25, 0.3) is 0 Å². The maximum absolute atomic E-state index is 11.4. The number of benzene rings is 2. The van der Waals surface area contributed by atoms with Gasteiger partial charge < -0.3 is 69.6 Å². The smallest absolute Gasteiger partial charge is 0.187 e. The quantitative estimate of drug-likeness (QED) is 0.0991. The summed E-state index contributed by atoms with van der Waals surface area (Å²) >= 11 is 0. The summed E-state index contributed by atoms with van der Waals surface area (Å²) in [5.74, 6) is 0. The summed E-state index contributed by atoms with van der Waals surface area (Å²) in [6, 6.07) is 19.1. The first kappa shape index (κ1) is 39.0. The van der Waals surface area contributed by atoms with E-state index in [1.54, 1.807) is 7.05 Å². The van der Waals surface area contributed by atoms with Crippen molar-refractivity contribution < 1.29 is 69.6 Å². The molecule has 0 bridgehead atoms. The molecule has 16 nitrogen and oxygen atoms in total. The Morgan fingerprint density at radius 3 is 1.58 bits per heavy atom. The molecule has 5 rings (SSSR count). The molecule has 3 fully saturated rings. The molecule has 15 atom stereocenters. The van der Waals surface area contributed by atoms with E-state index in [9.17, 15) is 46.0 Å². The fourth-order valence-corrected chi connectivity index (χ4v) is 6.48. The van der Waals surface area contributed by atoms with E-state index in [-0.39, 0.29) is 13.1 Å². The zero-order valence-corrected chi connectivity index (χ0v) is 27.9. The lowest BCUT2D eigenvalue weighted by atomic mass is 9.96. The molecule has 0 radical (unpaired) electrons. The summed E-state index contributed by atoms with van der Waals surface area (Å²) < 4.78 is 29.0. The third-order valence-electron chi connectivity index (χ3n) is 9.29. The highest BCUT2D eigenvalue weighted by atomic mass is 16.7. The van der Waals surface area contributed by atoms with Crippen LogP contribution in [0.3, 0.4) is 0 Å². The molecule has 2 aromatic carbocycles. The molecular formula is C34H50N2O14. The van der Waals surface area contributed by atoms with Crippen LogP contribution in [0, 0.1) is 0 Å². The van der Waals surface area contributed by atoms with Gasteiger partial charge in [0.05, 0.1) is 6.61 Å². The number of likely N-dealkylation sites (N-methyl/N-ethyl adjacent to an activating group) is 2. The van der Waals surface area contributed by atoms with E-state index in [4.69, 9.17) is 23.7 Å². The highest BCUT2D eigenvalue weighted by molar-refractivity contribution is 5.15. The second kappa shape index (κ2) is 17.5. The molecular weight excluding hydrogens is 660 g/mol. The minimum atomic E-state index is -1.81.